The first-order valence-electron chi connectivity index (χ1n) is 9.25. The molecular formula is C21H30O4. The Morgan fingerprint density at radius 3 is 2.80 bits per heavy atom. The maximum Gasteiger partial charge on any atom is 0.331 e. The molecule has 0 heterocycles. The Labute approximate surface area is 150 Å². The minimum absolute atomic E-state index is 0.000275. The van der Waals surface area contributed by atoms with Gasteiger partial charge in [0.25, 0.3) is 0 Å². The van der Waals surface area contributed by atoms with E-state index in [-0.39, 0.29) is 17.8 Å². The molecule has 2 rings (SSSR count). The van der Waals surface area contributed by atoms with Crippen molar-refractivity contribution in [3.8, 4) is 11.5 Å². The summed E-state index contributed by atoms with van der Waals surface area (Å²) in [6.45, 7) is 8.94. The summed E-state index contributed by atoms with van der Waals surface area (Å²) in [5, 5.41) is 9.73. The number of aromatic hydroxyl groups is 1. The van der Waals surface area contributed by atoms with Gasteiger partial charge in [0.05, 0.1) is 6.61 Å². The van der Waals surface area contributed by atoms with E-state index >= 15 is 0 Å². The molecule has 1 aromatic carbocycles. The van der Waals surface area contributed by atoms with Crippen LogP contribution < -0.4 is 4.74 Å². The van der Waals surface area contributed by atoms with Gasteiger partial charge in [0.1, 0.15) is 6.10 Å². The van der Waals surface area contributed by atoms with Crippen molar-refractivity contribution in [2.75, 3.05) is 6.61 Å². The number of phenols is 1. The molecule has 1 N–H and O–H groups in total. The quantitative estimate of drug-likeness (QED) is 0.593. The van der Waals surface area contributed by atoms with Crippen LogP contribution in [-0.4, -0.2) is 23.8 Å². The van der Waals surface area contributed by atoms with Crippen molar-refractivity contribution in [2.24, 2.45) is 17.8 Å². The number of hydrogen-bond acceptors (Lipinski definition) is 4. The number of phenolic OH excluding ortho intramolecular Hbond substituents is 1. The Morgan fingerprint density at radius 2 is 2.12 bits per heavy atom. The van der Waals surface area contributed by atoms with Gasteiger partial charge in [0.2, 0.25) is 0 Å². The average Bonchev–Trinajstić information content (AvgIpc) is 2.55. The maximum atomic E-state index is 12.2. The van der Waals surface area contributed by atoms with Crippen LogP contribution in [-0.2, 0) is 9.53 Å². The minimum atomic E-state index is -0.309. The molecular weight excluding hydrogens is 316 g/mol. The molecule has 0 aromatic heterocycles. The van der Waals surface area contributed by atoms with Crippen LogP contribution in [0.2, 0.25) is 0 Å². The molecule has 25 heavy (non-hydrogen) atoms. The van der Waals surface area contributed by atoms with Crippen LogP contribution >= 0.6 is 0 Å². The molecule has 0 spiro atoms. The second-order valence-corrected chi connectivity index (χ2v) is 7.29. The van der Waals surface area contributed by atoms with E-state index in [0.29, 0.717) is 30.1 Å². The molecule has 4 nitrogen and oxygen atoms in total. The van der Waals surface area contributed by atoms with E-state index < -0.39 is 0 Å². The van der Waals surface area contributed by atoms with Crippen LogP contribution in [0.5, 0.6) is 11.5 Å². The van der Waals surface area contributed by atoms with Crippen molar-refractivity contribution in [3.63, 3.8) is 0 Å². The SMILES string of the molecule is CCOc1cc(C=CC(=O)OC2CC(C)CCC2C(C)C)ccc1O. The first kappa shape index (κ1) is 19.4. The fourth-order valence-electron chi connectivity index (χ4n) is 3.51. The summed E-state index contributed by atoms with van der Waals surface area (Å²) >= 11 is 0. The van der Waals surface area contributed by atoms with Crippen LogP contribution in [0.15, 0.2) is 24.3 Å². The number of carbonyl (C=O) groups is 1. The molecule has 1 fully saturated rings. The Balaban J connectivity index is 2.01. The molecule has 1 aliphatic rings. The highest BCUT2D eigenvalue weighted by molar-refractivity contribution is 5.87. The zero-order valence-electron chi connectivity index (χ0n) is 15.7. The largest absolute Gasteiger partial charge is 0.504 e. The van der Waals surface area contributed by atoms with Gasteiger partial charge < -0.3 is 14.6 Å². The van der Waals surface area contributed by atoms with Crippen LogP contribution in [0, 0.1) is 17.8 Å². The molecule has 0 bridgehead atoms. The van der Waals surface area contributed by atoms with Crippen LogP contribution in [0.4, 0.5) is 0 Å². The highest BCUT2D eigenvalue weighted by atomic mass is 16.5. The number of esters is 1. The molecule has 4 heteroatoms. The summed E-state index contributed by atoms with van der Waals surface area (Å²) < 4.78 is 11.1. The predicted octanol–water partition coefficient (Wildman–Crippen LogP) is 4.81. The molecule has 0 amide bonds. The van der Waals surface area contributed by atoms with E-state index in [1.807, 2.05) is 6.92 Å². The third-order valence-electron chi connectivity index (χ3n) is 4.92. The lowest BCUT2D eigenvalue weighted by molar-refractivity contribution is -0.149. The average molecular weight is 346 g/mol. The third kappa shape index (κ3) is 5.52. The normalized spacial score (nSPS) is 23.8. The van der Waals surface area contributed by atoms with Gasteiger partial charge in [-0.1, -0.05) is 33.3 Å². The zero-order valence-corrected chi connectivity index (χ0v) is 15.7. The molecule has 1 aliphatic carbocycles. The second kappa shape index (κ2) is 8.93. The Hall–Kier alpha value is -1.97. The van der Waals surface area contributed by atoms with Crippen molar-refractivity contribution in [1.29, 1.82) is 0 Å². The first-order valence-corrected chi connectivity index (χ1v) is 9.25. The fraction of sp³-hybridized carbons (Fsp3) is 0.571. The molecule has 138 valence electrons. The molecule has 0 radical (unpaired) electrons. The molecule has 0 saturated heterocycles. The minimum Gasteiger partial charge on any atom is -0.504 e. The number of hydrogen-bond donors (Lipinski definition) is 1. The van der Waals surface area contributed by atoms with Crippen molar-refractivity contribution >= 4 is 12.0 Å². The summed E-state index contributed by atoms with van der Waals surface area (Å²) in [5.74, 6) is 1.75. The number of benzene rings is 1. The second-order valence-electron chi connectivity index (χ2n) is 7.29. The van der Waals surface area contributed by atoms with Gasteiger partial charge in [-0.2, -0.15) is 0 Å². The van der Waals surface area contributed by atoms with Crippen molar-refractivity contribution < 1.29 is 19.4 Å². The zero-order chi connectivity index (χ0) is 18.4. The molecule has 1 saturated carbocycles. The Bertz CT molecular complexity index is 606. The number of ether oxygens (including phenoxy) is 2. The lowest BCUT2D eigenvalue weighted by Crippen LogP contribution is -2.35. The molecule has 3 atom stereocenters. The summed E-state index contributed by atoms with van der Waals surface area (Å²) in [5.41, 5.74) is 0.788. The predicted molar refractivity (Wildman–Crippen MR) is 99.5 cm³/mol. The molecule has 1 aromatic rings. The Kier molecular flexibility index (Phi) is 6.91. The first-order chi connectivity index (χ1) is 11.9. The van der Waals surface area contributed by atoms with E-state index in [2.05, 4.69) is 20.8 Å². The van der Waals surface area contributed by atoms with E-state index in [0.717, 1.165) is 18.4 Å². The highest BCUT2D eigenvalue weighted by Gasteiger charge is 2.32. The highest BCUT2D eigenvalue weighted by Crippen LogP contribution is 2.35. The molecule has 3 unspecified atom stereocenters. The molecule has 0 aliphatic heterocycles. The van der Waals surface area contributed by atoms with Gasteiger partial charge in [-0.15, -0.1) is 0 Å². The summed E-state index contributed by atoms with van der Waals surface area (Å²) in [6, 6.07) is 5.01. The van der Waals surface area contributed by atoms with E-state index in [1.165, 1.54) is 12.5 Å². The van der Waals surface area contributed by atoms with E-state index in [1.54, 1.807) is 24.3 Å². The van der Waals surface area contributed by atoms with E-state index in [4.69, 9.17) is 9.47 Å². The monoisotopic (exact) mass is 346 g/mol. The van der Waals surface area contributed by atoms with Crippen LogP contribution in [0.1, 0.15) is 52.5 Å². The van der Waals surface area contributed by atoms with Crippen molar-refractivity contribution in [1.82, 2.24) is 0 Å². The van der Waals surface area contributed by atoms with Crippen LogP contribution in [0.25, 0.3) is 6.08 Å². The summed E-state index contributed by atoms with van der Waals surface area (Å²) in [7, 11) is 0. The fourth-order valence-corrected chi connectivity index (χ4v) is 3.51. The van der Waals surface area contributed by atoms with Crippen molar-refractivity contribution in [2.45, 2.75) is 53.1 Å². The van der Waals surface area contributed by atoms with Gasteiger partial charge in [-0.25, -0.2) is 4.79 Å². The standard InChI is InChI=1S/C21H30O4/c1-5-24-20-13-16(7-10-18(20)22)8-11-21(23)25-19-12-15(4)6-9-17(19)14(2)3/h7-8,10-11,13-15,17,19,22H,5-6,9,12H2,1-4H3. The van der Waals surface area contributed by atoms with Gasteiger partial charge in [-0.05, 0) is 61.3 Å². The van der Waals surface area contributed by atoms with E-state index in [9.17, 15) is 9.90 Å². The van der Waals surface area contributed by atoms with Gasteiger partial charge in [-0.3, -0.25) is 0 Å². The van der Waals surface area contributed by atoms with Crippen LogP contribution in [0.3, 0.4) is 0 Å². The number of carbonyl (C=O) groups excluding carboxylic acids is 1. The van der Waals surface area contributed by atoms with Gasteiger partial charge >= 0.3 is 5.97 Å². The Morgan fingerprint density at radius 1 is 1.36 bits per heavy atom. The summed E-state index contributed by atoms with van der Waals surface area (Å²) in [4.78, 5) is 12.2. The lowest BCUT2D eigenvalue weighted by atomic mass is 9.75. The van der Waals surface area contributed by atoms with Gasteiger partial charge in [0.15, 0.2) is 11.5 Å². The topological polar surface area (TPSA) is 55.8 Å². The third-order valence-corrected chi connectivity index (χ3v) is 4.92. The number of rotatable bonds is 6. The summed E-state index contributed by atoms with van der Waals surface area (Å²) in [6.07, 6.45) is 6.42. The van der Waals surface area contributed by atoms with Gasteiger partial charge in [0, 0.05) is 6.08 Å². The lowest BCUT2D eigenvalue weighted by Gasteiger charge is -2.36. The smallest absolute Gasteiger partial charge is 0.331 e. The van der Waals surface area contributed by atoms with Crippen molar-refractivity contribution in [3.05, 3.63) is 29.8 Å². The maximum absolute atomic E-state index is 12.2.